The van der Waals surface area contributed by atoms with Crippen LogP contribution in [-0.2, 0) is 29.5 Å². The van der Waals surface area contributed by atoms with Gasteiger partial charge in [0, 0.05) is 13.1 Å². The summed E-state index contributed by atoms with van der Waals surface area (Å²) in [5.74, 6) is 0. The van der Waals surface area contributed by atoms with Crippen molar-refractivity contribution in [3.8, 4) is 0 Å². The fraction of sp³-hybridized carbons (Fsp3) is 0.400. The normalized spacial score (nSPS) is 12.2. The number of sulfonamides is 2. The molecule has 166 valence electrons. The zero-order chi connectivity index (χ0) is 22.0. The summed E-state index contributed by atoms with van der Waals surface area (Å²) >= 11 is 0. The molecule has 0 aliphatic carbocycles. The van der Waals surface area contributed by atoms with E-state index in [4.69, 9.17) is 9.47 Å². The maximum absolute atomic E-state index is 12.1. The largest absolute Gasteiger partial charge is 0.378 e. The average Bonchev–Trinajstić information content (AvgIpc) is 2.70. The lowest BCUT2D eigenvalue weighted by Gasteiger charge is -2.09. The van der Waals surface area contributed by atoms with Crippen molar-refractivity contribution < 1.29 is 26.3 Å². The van der Waals surface area contributed by atoms with Crippen LogP contribution in [0.5, 0.6) is 0 Å². The first-order chi connectivity index (χ1) is 14.2. The van der Waals surface area contributed by atoms with Crippen molar-refractivity contribution in [1.29, 1.82) is 0 Å². The molecule has 2 rings (SSSR count). The molecule has 2 aromatic rings. The van der Waals surface area contributed by atoms with Crippen molar-refractivity contribution in [2.75, 3.05) is 39.5 Å². The van der Waals surface area contributed by atoms with Gasteiger partial charge < -0.3 is 9.47 Å². The van der Waals surface area contributed by atoms with Gasteiger partial charge in [-0.15, -0.1) is 0 Å². The van der Waals surface area contributed by atoms with Crippen molar-refractivity contribution in [1.82, 2.24) is 9.44 Å². The van der Waals surface area contributed by atoms with Gasteiger partial charge in [-0.05, 0) is 38.1 Å². The second-order valence-electron chi connectivity index (χ2n) is 6.65. The molecule has 0 spiro atoms. The molecule has 0 aliphatic heterocycles. The lowest BCUT2D eigenvalue weighted by Crippen LogP contribution is -2.28. The minimum atomic E-state index is -3.55. The van der Waals surface area contributed by atoms with Crippen LogP contribution in [0.25, 0.3) is 0 Å². The van der Waals surface area contributed by atoms with Crippen LogP contribution in [0.15, 0.2) is 58.3 Å². The highest BCUT2D eigenvalue weighted by atomic mass is 32.2. The van der Waals surface area contributed by atoms with Crippen molar-refractivity contribution in [3.63, 3.8) is 0 Å². The van der Waals surface area contributed by atoms with Gasteiger partial charge in [0.1, 0.15) is 0 Å². The molecule has 0 aliphatic rings. The van der Waals surface area contributed by atoms with Crippen LogP contribution < -0.4 is 9.44 Å². The molecule has 0 unspecified atom stereocenters. The predicted molar refractivity (Wildman–Crippen MR) is 114 cm³/mol. The third-order valence-electron chi connectivity index (χ3n) is 4.11. The first kappa shape index (κ1) is 24.4. The van der Waals surface area contributed by atoms with Gasteiger partial charge in [-0.3, -0.25) is 0 Å². The Labute approximate surface area is 178 Å². The van der Waals surface area contributed by atoms with Crippen LogP contribution in [0.2, 0.25) is 0 Å². The van der Waals surface area contributed by atoms with Gasteiger partial charge in [0.25, 0.3) is 0 Å². The summed E-state index contributed by atoms with van der Waals surface area (Å²) in [5.41, 5.74) is 1.97. The van der Waals surface area contributed by atoms with E-state index in [1.54, 1.807) is 48.5 Å². The van der Waals surface area contributed by atoms with Crippen LogP contribution in [-0.4, -0.2) is 56.4 Å². The highest BCUT2D eigenvalue weighted by Gasteiger charge is 2.13. The van der Waals surface area contributed by atoms with Crippen molar-refractivity contribution in [2.24, 2.45) is 0 Å². The van der Waals surface area contributed by atoms with Crippen molar-refractivity contribution in [3.05, 3.63) is 59.7 Å². The number of hydrogen-bond acceptors (Lipinski definition) is 6. The predicted octanol–water partition coefficient (Wildman–Crippen LogP) is 1.59. The Kier molecular flexibility index (Phi) is 9.40. The van der Waals surface area contributed by atoms with E-state index >= 15 is 0 Å². The molecule has 0 atom stereocenters. The van der Waals surface area contributed by atoms with Crippen LogP contribution in [0, 0.1) is 13.8 Å². The number of aryl methyl sites for hydroxylation is 2. The molecule has 0 fully saturated rings. The van der Waals surface area contributed by atoms with Crippen molar-refractivity contribution in [2.45, 2.75) is 23.6 Å². The molecule has 2 aromatic carbocycles. The number of ether oxygens (including phenoxy) is 2. The van der Waals surface area contributed by atoms with E-state index in [1.807, 2.05) is 13.8 Å². The van der Waals surface area contributed by atoms with Gasteiger partial charge in [-0.2, -0.15) is 0 Å². The first-order valence-electron chi connectivity index (χ1n) is 9.49. The van der Waals surface area contributed by atoms with Gasteiger partial charge in [-0.25, -0.2) is 26.3 Å². The minimum Gasteiger partial charge on any atom is -0.378 e. The SMILES string of the molecule is Cc1ccc(S(=O)(=O)NCCOCCOCCNS(=O)(=O)c2ccc(C)cc2)cc1. The van der Waals surface area contributed by atoms with Gasteiger partial charge in [0.05, 0.1) is 36.2 Å². The van der Waals surface area contributed by atoms with E-state index in [1.165, 1.54) is 0 Å². The van der Waals surface area contributed by atoms with E-state index < -0.39 is 20.0 Å². The van der Waals surface area contributed by atoms with E-state index in [2.05, 4.69) is 9.44 Å². The van der Waals surface area contributed by atoms with Crippen LogP contribution >= 0.6 is 0 Å². The van der Waals surface area contributed by atoms with Crippen LogP contribution in [0.4, 0.5) is 0 Å². The Balaban J connectivity index is 1.54. The first-order valence-corrected chi connectivity index (χ1v) is 12.5. The zero-order valence-corrected chi connectivity index (χ0v) is 18.8. The quantitative estimate of drug-likeness (QED) is 0.443. The van der Waals surface area contributed by atoms with E-state index in [-0.39, 0.29) is 49.3 Å². The maximum atomic E-state index is 12.1. The highest BCUT2D eigenvalue weighted by Crippen LogP contribution is 2.10. The summed E-state index contributed by atoms with van der Waals surface area (Å²) in [6.07, 6.45) is 0. The molecule has 0 saturated carbocycles. The molecule has 2 N–H and O–H groups in total. The highest BCUT2D eigenvalue weighted by molar-refractivity contribution is 7.89. The van der Waals surface area contributed by atoms with E-state index in [0.29, 0.717) is 0 Å². The summed E-state index contributed by atoms with van der Waals surface area (Å²) in [5, 5.41) is 0. The van der Waals surface area contributed by atoms with Gasteiger partial charge >= 0.3 is 0 Å². The second-order valence-corrected chi connectivity index (χ2v) is 10.2. The topological polar surface area (TPSA) is 111 Å². The molecule has 8 nitrogen and oxygen atoms in total. The monoisotopic (exact) mass is 456 g/mol. The average molecular weight is 457 g/mol. The number of hydrogen-bond donors (Lipinski definition) is 2. The smallest absolute Gasteiger partial charge is 0.240 e. The third-order valence-corrected chi connectivity index (χ3v) is 7.07. The molecular weight excluding hydrogens is 428 g/mol. The van der Waals surface area contributed by atoms with Crippen molar-refractivity contribution >= 4 is 20.0 Å². The summed E-state index contributed by atoms with van der Waals surface area (Å²) in [6.45, 7) is 5.02. The van der Waals surface area contributed by atoms with Crippen LogP contribution in [0.3, 0.4) is 0 Å². The number of benzene rings is 2. The Hall–Kier alpha value is -1.82. The summed E-state index contributed by atoms with van der Waals surface area (Å²) < 4.78 is 64.0. The summed E-state index contributed by atoms with van der Waals surface area (Å²) in [6, 6.07) is 13.2. The molecule has 30 heavy (non-hydrogen) atoms. The Morgan fingerprint density at radius 3 is 1.27 bits per heavy atom. The summed E-state index contributed by atoms with van der Waals surface area (Å²) in [4.78, 5) is 0.425. The molecule has 10 heteroatoms. The lowest BCUT2D eigenvalue weighted by atomic mass is 10.2. The third kappa shape index (κ3) is 8.13. The molecular formula is C20H28N2O6S2. The lowest BCUT2D eigenvalue weighted by molar-refractivity contribution is 0.0522. The molecule has 0 amide bonds. The standard InChI is InChI=1S/C20H28N2O6S2/c1-17-3-7-19(8-4-17)29(23,24)21-11-13-27-15-16-28-14-12-22-30(25,26)20-9-5-18(2)6-10-20/h3-10,21-22H,11-16H2,1-2H3. The minimum absolute atomic E-state index is 0.145. The zero-order valence-electron chi connectivity index (χ0n) is 17.1. The molecule has 0 bridgehead atoms. The Morgan fingerprint density at radius 1 is 0.600 bits per heavy atom. The molecule has 0 aromatic heterocycles. The number of nitrogens with one attached hydrogen (secondary N) is 2. The van der Waals surface area contributed by atoms with Crippen LogP contribution in [0.1, 0.15) is 11.1 Å². The van der Waals surface area contributed by atoms with Gasteiger partial charge in [0.15, 0.2) is 0 Å². The van der Waals surface area contributed by atoms with Gasteiger partial charge in [-0.1, -0.05) is 35.4 Å². The van der Waals surface area contributed by atoms with Gasteiger partial charge in [0.2, 0.25) is 20.0 Å². The second kappa shape index (κ2) is 11.5. The maximum Gasteiger partial charge on any atom is 0.240 e. The number of rotatable bonds is 13. The molecule has 0 saturated heterocycles. The summed E-state index contributed by atoms with van der Waals surface area (Å²) in [7, 11) is -7.10. The Morgan fingerprint density at radius 2 is 0.933 bits per heavy atom. The fourth-order valence-electron chi connectivity index (χ4n) is 2.42. The molecule has 0 radical (unpaired) electrons. The Bertz CT molecular complexity index is 905. The van der Waals surface area contributed by atoms with E-state index in [0.717, 1.165) is 11.1 Å². The fourth-order valence-corrected chi connectivity index (χ4v) is 4.45. The molecule has 0 heterocycles. The van der Waals surface area contributed by atoms with E-state index in [9.17, 15) is 16.8 Å².